The number of amides is 1. The molecule has 1 amide bonds. The van der Waals surface area contributed by atoms with Crippen molar-refractivity contribution in [2.75, 3.05) is 0 Å². The maximum absolute atomic E-state index is 13.1. The number of nitrogens with zero attached hydrogens (tertiary/aromatic N) is 1. The van der Waals surface area contributed by atoms with Crippen LogP contribution < -0.4 is 5.32 Å². The van der Waals surface area contributed by atoms with Crippen LogP contribution in [0.15, 0.2) is 94.9 Å². The van der Waals surface area contributed by atoms with Gasteiger partial charge in [0, 0.05) is 10.3 Å². The molecule has 0 saturated heterocycles. The van der Waals surface area contributed by atoms with Crippen LogP contribution in [0.2, 0.25) is 5.02 Å². The fourth-order valence-corrected chi connectivity index (χ4v) is 4.24. The highest BCUT2D eigenvalue weighted by Crippen LogP contribution is 2.34. The highest BCUT2D eigenvalue weighted by Gasteiger charge is 2.16. The molecule has 1 atom stereocenters. The third-order valence-corrected chi connectivity index (χ3v) is 6.07. The Balaban J connectivity index is 1.69. The minimum absolute atomic E-state index is 0.102. The maximum Gasteiger partial charge on any atom is 0.252 e. The van der Waals surface area contributed by atoms with Crippen LogP contribution in [0.25, 0.3) is 10.9 Å². The van der Waals surface area contributed by atoms with Crippen molar-refractivity contribution in [2.24, 2.45) is 0 Å². The maximum atomic E-state index is 13.1. The molecular weight excluding hydrogens is 400 g/mol. The molecule has 3 aromatic carbocycles. The van der Waals surface area contributed by atoms with E-state index in [0.717, 1.165) is 26.4 Å². The van der Waals surface area contributed by atoms with E-state index in [1.165, 1.54) is 11.8 Å². The lowest BCUT2D eigenvalue weighted by Crippen LogP contribution is -2.27. The summed E-state index contributed by atoms with van der Waals surface area (Å²) in [5.74, 6) is -0.124. The Morgan fingerprint density at radius 2 is 1.66 bits per heavy atom. The minimum atomic E-state index is -0.124. The first-order valence-corrected chi connectivity index (χ1v) is 10.5. The topological polar surface area (TPSA) is 42.0 Å². The number of halogens is 1. The normalized spacial score (nSPS) is 11.9. The number of para-hydroxylation sites is 1. The molecule has 0 saturated carbocycles. The molecule has 5 heteroatoms. The number of nitrogens with one attached hydrogen (secondary N) is 1. The third-order valence-electron chi connectivity index (χ3n) is 4.64. The van der Waals surface area contributed by atoms with Crippen molar-refractivity contribution in [3.63, 3.8) is 0 Å². The van der Waals surface area contributed by atoms with Crippen molar-refractivity contribution in [1.82, 2.24) is 10.3 Å². The van der Waals surface area contributed by atoms with E-state index in [0.29, 0.717) is 10.6 Å². The molecule has 0 bridgehead atoms. The zero-order valence-corrected chi connectivity index (χ0v) is 17.4. The molecule has 4 aromatic rings. The van der Waals surface area contributed by atoms with Gasteiger partial charge in [0.1, 0.15) is 5.03 Å². The monoisotopic (exact) mass is 418 g/mol. The van der Waals surface area contributed by atoms with E-state index in [2.05, 4.69) is 5.32 Å². The van der Waals surface area contributed by atoms with Crippen LogP contribution >= 0.6 is 23.4 Å². The van der Waals surface area contributed by atoms with E-state index in [1.54, 1.807) is 0 Å². The summed E-state index contributed by atoms with van der Waals surface area (Å²) in [4.78, 5) is 18.8. The fraction of sp³-hybridized carbons (Fsp3) is 0.0833. The van der Waals surface area contributed by atoms with E-state index in [1.807, 2.05) is 91.9 Å². The second-order valence-corrected chi connectivity index (χ2v) is 8.13. The van der Waals surface area contributed by atoms with E-state index < -0.39 is 0 Å². The van der Waals surface area contributed by atoms with Crippen LogP contribution in [0, 0.1) is 0 Å². The molecule has 1 unspecified atom stereocenters. The van der Waals surface area contributed by atoms with Gasteiger partial charge in [0.25, 0.3) is 5.91 Å². The van der Waals surface area contributed by atoms with E-state index in [-0.39, 0.29) is 11.9 Å². The first-order chi connectivity index (χ1) is 14.1. The Morgan fingerprint density at radius 3 is 2.45 bits per heavy atom. The fourth-order valence-electron chi connectivity index (χ4n) is 3.13. The van der Waals surface area contributed by atoms with Crippen molar-refractivity contribution >= 4 is 40.2 Å². The molecule has 0 aliphatic carbocycles. The van der Waals surface area contributed by atoms with Gasteiger partial charge in [-0.3, -0.25) is 4.79 Å². The second kappa shape index (κ2) is 8.68. The van der Waals surface area contributed by atoms with Gasteiger partial charge < -0.3 is 5.32 Å². The van der Waals surface area contributed by atoms with Crippen LogP contribution in [0.4, 0.5) is 0 Å². The smallest absolute Gasteiger partial charge is 0.252 e. The van der Waals surface area contributed by atoms with Gasteiger partial charge in [-0.25, -0.2) is 4.98 Å². The molecule has 0 aliphatic heterocycles. The van der Waals surface area contributed by atoms with Crippen molar-refractivity contribution in [3.05, 3.63) is 101 Å². The number of pyridine rings is 1. The van der Waals surface area contributed by atoms with Crippen LogP contribution in [-0.4, -0.2) is 10.9 Å². The SMILES string of the molecule is CC(NC(=O)c1cc(Sc2ccccc2Cl)nc2ccccc12)c1ccccc1. The zero-order valence-electron chi connectivity index (χ0n) is 15.8. The van der Waals surface area contributed by atoms with Crippen molar-refractivity contribution in [2.45, 2.75) is 22.9 Å². The van der Waals surface area contributed by atoms with Gasteiger partial charge in [-0.15, -0.1) is 0 Å². The highest BCUT2D eigenvalue weighted by atomic mass is 35.5. The molecule has 3 nitrogen and oxygen atoms in total. The molecule has 0 fully saturated rings. The second-order valence-electron chi connectivity index (χ2n) is 6.66. The first kappa shape index (κ1) is 19.5. The van der Waals surface area contributed by atoms with Crippen LogP contribution in [0.5, 0.6) is 0 Å². The van der Waals surface area contributed by atoms with Gasteiger partial charge >= 0.3 is 0 Å². The van der Waals surface area contributed by atoms with Crippen molar-refractivity contribution in [1.29, 1.82) is 0 Å². The van der Waals surface area contributed by atoms with Gasteiger partial charge in [0.05, 0.1) is 22.1 Å². The van der Waals surface area contributed by atoms with Gasteiger partial charge in [0.2, 0.25) is 0 Å². The number of fused-ring (bicyclic) bond motifs is 1. The lowest BCUT2D eigenvalue weighted by Gasteiger charge is -2.16. The highest BCUT2D eigenvalue weighted by molar-refractivity contribution is 7.99. The number of hydrogen-bond acceptors (Lipinski definition) is 3. The Bertz CT molecular complexity index is 1160. The number of aromatic nitrogens is 1. The molecule has 0 aliphatic rings. The summed E-state index contributed by atoms with van der Waals surface area (Å²) in [6.07, 6.45) is 0. The molecular formula is C24H19ClN2OS. The Hall–Kier alpha value is -2.82. The Labute approximate surface area is 179 Å². The molecule has 4 rings (SSSR count). The number of carbonyl (C=O) groups excluding carboxylic acids is 1. The number of benzene rings is 3. The Morgan fingerprint density at radius 1 is 0.966 bits per heavy atom. The minimum Gasteiger partial charge on any atom is -0.345 e. The summed E-state index contributed by atoms with van der Waals surface area (Å²) in [5, 5.41) is 5.33. The number of hydrogen-bond donors (Lipinski definition) is 1. The van der Waals surface area contributed by atoms with E-state index >= 15 is 0 Å². The summed E-state index contributed by atoms with van der Waals surface area (Å²) in [5.41, 5.74) is 2.44. The zero-order chi connectivity index (χ0) is 20.2. The van der Waals surface area contributed by atoms with Crippen molar-refractivity contribution in [3.8, 4) is 0 Å². The largest absolute Gasteiger partial charge is 0.345 e. The summed E-state index contributed by atoms with van der Waals surface area (Å²) >= 11 is 7.76. The molecule has 0 radical (unpaired) electrons. The van der Waals surface area contributed by atoms with Crippen LogP contribution in [0.3, 0.4) is 0 Å². The number of rotatable bonds is 5. The Kier molecular flexibility index (Phi) is 5.84. The van der Waals surface area contributed by atoms with Crippen molar-refractivity contribution < 1.29 is 4.79 Å². The molecule has 0 spiro atoms. The number of carbonyl (C=O) groups is 1. The molecule has 1 N–H and O–H groups in total. The first-order valence-electron chi connectivity index (χ1n) is 9.30. The molecule has 1 aromatic heterocycles. The summed E-state index contributed by atoms with van der Waals surface area (Å²) < 4.78 is 0. The van der Waals surface area contributed by atoms with Crippen LogP contribution in [0.1, 0.15) is 28.9 Å². The predicted octanol–water partition coefficient (Wildman–Crippen LogP) is 6.53. The summed E-state index contributed by atoms with van der Waals surface area (Å²) in [7, 11) is 0. The summed E-state index contributed by atoms with van der Waals surface area (Å²) in [6.45, 7) is 1.98. The van der Waals surface area contributed by atoms with Gasteiger partial charge in [-0.1, -0.05) is 84.0 Å². The average Bonchev–Trinajstić information content (AvgIpc) is 2.75. The van der Waals surface area contributed by atoms with Gasteiger partial charge in [-0.2, -0.15) is 0 Å². The van der Waals surface area contributed by atoms with Crippen LogP contribution in [-0.2, 0) is 0 Å². The standard InChI is InChI=1S/C24H19ClN2OS/c1-16(17-9-3-2-4-10-17)26-24(28)19-15-23(27-21-13-7-5-11-18(19)21)29-22-14-8-6-12-20(22)25/h2-16H,1H3,(H,26,28). The lowest BCUT2D eigenvalue weighted by atomic mass is 10.1. The van der Waals surface area contributed by atoms with Gasteiger partial charge in [-0.05, 0) is 36.8 Å². The molecule has 144 valence electrons. The third kappa shape index (κ3) is 4.44. The molecule has 1 heterocycles. The average molecular weight is 419 g/mol. The predicted molar refractivity (Wildman–Crippen MR) is 120 cm³/mol. The van der Waals surface area contributed by atoms with E-state index in [4.69, 9.17) is 16.6 Å². The molecule has 29 heavy (non-hydrogen) atoms. The lowest BCUT2D eigenvalue weighted by molar-refractivity contribution is 0.0941. The quantitative estimate of drug-likeness (QED) is 0.400. The van der Waals surface area contributed by atoms with E-state index in [9.17, 15) is 4.79 Å². The summed E-state index contributed by atoms with van der Waals surface area (Å²) in [6, 6.07) is 27.0. The van der Waals surface area contributed by atoms with Gasteiger partial charge in [0.15, 0.2) is 0 Å².